The molecule has 0 unspecified atom stereocenters. The molecule has 0 radical (unpaired) electrons. The highest BCUT2D eigenvalue weighted by atomic mass is 32.2. The van der Waals surface area contributed by atoms with Gasteiger partial charge in [0.2, 0.25) is 0 Å². The zero-order chi connectivity index (χ0) is 27.6. The molecule has 0 aliphatic rings. The molecule has 2 N–H and O–H groups in total. The molecule has 2 aromatic heterocycles. The number of pyridine rings is 1. The van der Waals surface area contributed by atoms with Crippen LogP contribution in [-0.4, -0.2) is 38.7 Å². The molecule has 0 aliphatic carbocycles. The van der Waals surface area contributed by atoms with Crippen LogP contribution in [0.5, 0.6) is 5.75 Å². The Balaban J connectivity index is 1.76. The number of hydrogen-bond acceptors (Lipinski definition) is 7. The van der Waals surface area contributed by atoms with Crippen molar-refractivity contribution in [2.75, 3.05) is 23.8 Å². The van der Waals surface area contributed by atoms with E-state index >= 15 is 4.39 Å². The largest absolute Gasteiger partial charge is 0.495 e. The lowest BCUT2D eigenvalue weighted by Crippen LogP contribution is -2.35. The molecule has 0 aliphatic heterocycles. The lowest BCUT2D eigenvalue weighted by atomic mass is 10.0. The van der Waals surface area contributed by atoms with E-state index < -0.39 is 39.3 Å². The molecule has 2 aromatic carbocycles. The van der Waals surface area contributed by atoms with Gasteiger partial charge in [-0.2, -0.15) is 0 Å². The van der Waals surface area contributed by atoms with Gasteiger partial charge in [0.25, 0.3) is 10.0 Å². The maximum Gasteiger partial charge on any atom is 0.327 e. The second-order valence-electron chi connectivity index (χ2n) is 7.49. The first-order valence-corrected chi connectivity index (χ1v) is 12.0. The molecule has 0 atom stereocenters. The predicted molar refractivity (Wildman–Crippen MR) is 126 cm³/mol. The number of aromatic nitrogens is 2. The van der Waals surface area contributed by atoms with E-state index in [1.165, 1.54) is 32.6 Å². The number of anilines is 3. The number of methoxy groups -OCH3 is 1. The topological polar surface area (TPSA) is 127 Å². The first kappa shape index (κ1) is 26.4. The standard InChI is InChI=1S/C23H17F4N5O5S/c1-28-23(33)32(21-4-3-13(11-29-21)38(34,35)31-20-5-6-37-30-20)18-10-15(24)14(9-19(18)36-2)12-7-16(25)22(27)17(26)8-12/h3-11H,1-2H3,(H,28,33)(H,30,31). The van der Waals surface area contributed by atoms with E-state index in [1.807, 2.05) is 0 Å². The van der Waals surface area contributed by atoms with Gasteiger partial charge in [-0.25, -0.2) is 40.7 Å². The second-order valence-corrected chi connectivity index (χ2v) is 9.17. The highest BCUT2D eigenvalue weighted by Crippen LogP contribution is 2.39. The quantitative estimate of drug-likeness (QED) is 0.254. The van der Waals surface area contributed by atoms with Gasteiger partial charge in [0.15, 0.2) is 23.3 Å². The van der Waals surface area contributed by atoms with Crippen LogP contribution < -0.4 is 19.7 Å². The summed E-state index contributed by atoms with van der Waals surface area (Å²) in [6, 6.07) is 5.93. The van der Waals surface area contributed by atoms with E-state index in [0.29, 0.717) is 12.1 Å². The lowest BCUT2D eigenvalue weighted by Gasteiger charge is -2.24. The van der Waals surface area contributed by atoms with Crippen LogP contribution >= 0.6 is 0 Å². The van der Waals surface area contributed by atoms with Gasteiger partial charge in [-0.15, -0.1) is 0 Å². The maximum atomic E-state index is 15.2. The number of halogens is 4. The Labute approximate surface area is 212 Å². The van der Waals surface area contributed by atoms with Gasteiger partial charge < -0.3 is 14.6 Å². The van der Waals surface area contributed by atoms with Crippen molar-refractivity contribution in [2.24, 2.45) is 0 Å². The Hall–Kier alpha value is -4.66. The van der Waals surface area contributed by atoms with Crippen LogP contribution in [0.25, 0.3) is 11.1 Å². The van der Waals surface area contributed by atoms with Crippen LogP contribution in [0.4, 0.5) is 39.7 Å². The summed E-state index contributed by atoms with van der Waals surface area (Å²) in [6.07, 6.45) is 2.12. The molecule has 15 heteroatoms. The van der Waals surface area contributed by atoms with Gasteiger partial charge in [0.1, 0.15) is 28.5 Å². The first-order valence-electron chi connectivity index (χ1n) is 10.5. The number of benzene rings is 2. The number of urea groups is 1. The zero-order valence-corrected chi connectivity index (χ0v) is 20.3. The Bertz CT molecular complexity index is 1580. The minimum absolute atomic E-state index is 0.0673. The summed E-state index contributed by atoms with van der Waals surface area (Å²) >= 11 is 0. The molecule has 198 valence electrons. The van der Waals surface area contributed by atoms with Gasteiger partial charge in [-0.1, -0.05) is 5.16 Å². The molecule has 10 nitrogen and oxygen atoms in total. The van der Waals surface area contributed by atoms with Crippen molar-refractivity contribution >= 4 is 33.4 Å². The normalized spacial score (nSPS) is 11.2. The third kappa shape index (κ3) is 5.08. The van der Waals surface area contributed by atoms with Gasteiger partial charge in [0, 0.05) is 30.9 Å². The van der Waals surface area contributed by atoms with Crippen molar-refractivity contribution in [3.05, 3.63) is 78.2 Å². The van der Waals surface area contributed by atoms with Gasteiger partial charge in [-0.05, 0) is 35.9 Å². The van der Waals surface area contributed by atoms with Crippen LogP contribution in [0.3, 0.4) is 0 Å². The van der Waals surface area contributed by atoms with Crippen molar-refractivity contribution in [2.45, 2.75) is 4.90 Å². The third-order valence-electron chi connectivity index (χ3n) is 5.16. The summed E-state index contributed by atoms with van der Waals surface area (Å²) in [5, 5.41) is 5.81. The summed E-state index contributed by atoms with van der Waals surface area (Å²) in [5.41, 5.74) is -0.837. The van der Waals surface area contributed by atoms with Crippen molar-refractivity contribution in [1.82, 2.24) is 15.5 Å². The molecule has 0 fully saturated rings. The Morgan fingerprint density at radius 3 is 2.29 bits per heavy atom. The first-order chi connectivity index (χ1) is 18.1. The molecule has 38 heavy (non-hydrogen) atoms. The van der Waals surface area contributed by atoms with Crippen LogP contribution in [0, 0.1) is 23.3 Å². The number of carbonyl (C=O) groups excluding carboxylic acids is 1. The summed E-state index contributed by atoms with van der Waals surface area (Å²) in [4.78, 5) is 17.4. The van der Waals surface area contributed by atoms with E-state index in [0.717, 1.165) is 29.3 Å². The Morgan fingerprint density at radius 2 is 1.74 bits per heavy atom. The van der Waals surface area contributed by atoms with E-state index in [9.17, 15) is 26.4 Å². The summed E-state index contributed by atoms with van der Waals surface area (Å²) in [7, 11) is -1.62. The summed E-state index contributed by atoms with van der Waals surface area (Å²) in [5.74, 6) is -6.11. The highest BCUT2D eigenvalue weighted by molar-refractivity contribution is 7.92. The highest BCUT2D eigenvalue weighted by Gasteiger charge is 2.26. The fourth-order valence-electron chi connectivity index (χ4n) is 3.39. The monoisotopic (exact) mass is 551 g/mol. The Kier molecular flexibility index (Phi) is 7.21. The number of amides is 2. The van der Waals surface area contributed by atoms with Crippen LogP contribution in [-0.2, 0) is 10.0 Å². The van der Waals surface area contributed by atoms with Crippen LogP contribution in [0.2, 0.25) is 0 Å². The van der Waals surface area contributed by atoms with E-state index in [-0.39, 0.29) is 39.1 Å². The third-order valence-corrected chi connectivity index (χ3v) is 6.50. The number of rotatable bonds is 7. The molecular formula is C23H17F4N5O5S. The van der Waals surface area contributed by atoms with Crippen molar-refractivity contribution in [3.8, 4) is 16.9 Å². The minimum atomic E-state index is -4.11. The molecule has 4 aromatic rings. The van der Waals surface area contributed by atoms with E-state index in [4.69, 9.17) is 4.74 Å². The SMILES string of the molecule is CNC(=O)N(c1ccc(S(=O)(=O)Nc2ccon2)cn1)c1cc(F)c(-c2cc(F)c(F)c(F)c2)cc1OC. The molecule has 4 rings (SSSR count). The van der Waals surface area contributed by atoms with E-state index in [1.54, 1.807) is 0 Å². The number of hydrogen-bond donors (Lipinski definition) is 2. The molecular weight excluding hydrogens is 534 g/mol. The number of ether oxygens (including phenoxy) is 1. The van der Waals surface area contributed by atoms with Crippen molar-refractivity contribution in [3.63, 3.8) is 0 Å². The molecule has 0 saturated heterocycles. The number of nitrogens with one attached hydrogen (secondary N) is 2. The molecule has 0 saturated carbocycles. The summed E-state index contributed by atoms with van der Waals surface area (Å²) < 4.78 is 93.2. The number of nitrogens with zero attached hydrogens (tertiary/aromatic N) is 3. The minimum Gasteiger partial charge on any atom is -0.495 e. The number of carbonyl (C=O) groups is 1. The van der Waals surface area contributed by atoms with E-state index in [2.05, 4.69) is 24.7 Å². The van der Waals surface area contributed by atoms with Crippen LogP contribution in [0.15, 0.2) is 64.3 Å². The second kappa shape index (κ2) is 10.4. The van der Waals surface area contributed by atoms with Gasteiger partial charge in [0.05, 0.1) is 12.8 Å². The van der Waals surface area contributed by atoms with Gasteiger partial charge >= 0.3 is 6.03 Å². The fraction of sp³-hybridized carbons (Fsp3) is 0.0870. The molecule has 0 bridgehead atoms. The molecule has 2 heterocycles. The molecule has 2 amide bonds. The van der Waals surface area contributed by atoms with Crippen molar-refractivity contribution in [1.29, 1.82) is 0 Å². The maximum absolute atomic E-state index is 15.2. The number of sulfonamides is 1. The van der Waals surface area contributed by atoms with Gasteiger partial charge in [-0.3, -0.25) is 4.72 Å². The summed E-state index contributed by atoms with van der Waals surface area (Å²) in [6.45, 7) is 0. The predicted octanol–water partition coefficient (Wildman–Crippen LogP) is 4.58. The van der Waals surface area contributed by atoms with Crippen molar-refractivity contribution < 1.29 is 40.0 Å². The fourth-order valence-corrected chi connectivity index (χ4v) is 4.32. The lowest BCUT2D eigenvalue weighted by molar-refractivity contribution is 0.250. The van der Waals surface area contributed by atoms with Crippen LogP contribution in [0.1, 0.15) is 0 Å². The zero-order valence-electron chi connectivity index (χ0n) is 19.5. The Morgan fingerprint density at radius 1 is 1.03 bits per heavy atom. The average Bonchev–Trinajstić information content (AvgIpc) is 3.40. The average molecular weight is 551 g/mol. The molecule has 0 spiro atoms. The smallest absolute Gasteiger partial charge is 0.327 e.